The summed E-state index contributed by atoms with van der Waals surface area (Å²) in [6, 6.07) is 0. The van der Waals surface area contributed by atoms with Crippen molar-refractivity contribution < 1.29 is 44.8 Å². The van der Waals surface area contributed by atoms with Crippen molar-refractivity contribution in [3.05, 3.63) is 0 Å². The Kier molecular flexibility index (Phi) is 8.78. The smallest absolute Gasteiger partial charge is 0.109 e. The largest absolute Gasteiger partial charge is 0.393 e. The number of rotatable bonds is 5. The Morgan fingerprint density at radius 1 is 0.692 bits per heavy atom. The van der Waals surface area contributed by atoms with Gasteiger partial charge in [0, 0.05) is 44.5 Å². The van der Waals surface area contributed by atoms with Gasteiger partial charge in [0.2, 0.25) is 0 Å². The molecule has 0 aromatic rings. The maximum absolute atomic E-state index is 11.9. The van der Waals surface area contributed by atoms with Crippen LogP contribution in [-0.2, 0) is 14.2 Å². The predicted octanol–water partition coefficient (Wildman–Crippen LogP) is 0.951. The van der Waals surface area contributed by atoms with Gasteiger partial charge in [0.05, 0.1) is 48.8 Å². The van der Waals surface area contributed by atoms with E-state index in [1.807, 2.05) is 6.92 Å². The molecule has 9 heteroatoms. The van der Waals surface area contributed by atoms with Gasteiger partial charge < -0.3 is 44.8 Å². The van der Waals surface area contributed by atoms with E-state index in [0.717, 1.165) is 25.7 Å². The summed E-state index contributed by atoms with van der Waals surface area (Å²) in [5.41, 5.74) is -0.954. The summed E-state index contributed by atoms with van der Waals surface area (Å²) in [4.78, 5) is 0. The summed E-state index contributed by atoms with van der Waals surface area (Å²) in [5.74, 6) is -0.976. The summed E-state index contributed by atoms with van der Waals surface area (Å²) in [7, 11) is 5.12. The molecule has 16 atom stereocenters. The Morgan fingerprint density at radius 3 is 1.90 bits per heavy atom. The minimum Gasteiger partial charge on any atom is -0.393 e. The van der Waals surface area contributed by atoms with Gasteiger partial charge in [-0.15, -0.1) is 0 Å². The van der Waals surface area contributed by atoms with Crippen LogP contribution in [-0.4, -0.2) is 107 Å². The zero-order valence-corrected chi connectivity index (χ0v) is 24.2. The number of hydrogen-bond donors (Lipinski definition) is 6. The third kappa shape index (κ3) is 4.72. The lowest BCUT2D eigenvalue weighted by Crippen LogP contribution is -2.69. The van der Waals surface area contributed by atoms with E-state index in [2.05, 4.69) is 0 Å². The third-order valence-electron chi connectivity index (χ3n) is 12.5. The lowest BCUT2D eigenvalue weighted by atomic mass is 9.44. The molecule has 13 unspecified atom stereocenters. The second kappa shape index (κ2) is 11.4. The van der Waals surface area contributed by atoms with E-state index in [4.69, 9.17) is 14.2 Å². The molecule has 6 N–H and O–H groups in total. The minimum absolute atomic E-state index is 0.0244. The Bertz CT molecular complexity index is 827. The van der Waals surface area contributed by atoms with E-state index < -0.39 is 53.9 Å². The lowest BCUT2D eigenvalue weighted by molar-refractivity contribution is -0.262. The number of aliphatic hydroxyl groups is 6. The fourth-order valence-corrected chi connectivity index (χ4v) is 10.5. The van der Waals surface area contributed by atoms with Crippen molar-refractivity contribution in [2.24, 2.45) is 52.8 Å². The second-order valence-corrected chi connectivity index (χ2v) is 13.9. The van der Waals surface area contributed by atoms with Crippen molar-refractivity contribution in [1.82, 2.24) is 0 Å². The molecule has 5 aliphatic rings. The Labute approximate surface area is 232 Å². The monoisotopic (exact) mass is 556 g/mol. The highest BCUT2D eigenvalue weighted by Gasteiger charge is 2.65. The van der Waals surface area contributed by atoms with E-state index in [0.29, 0.717) is 25.2 Å². The highest BCUT2D eigenvalue weighted by Crippen LogP contribution is 2.62. The molecule has 39 heavy (non-hydrogen) atoms. The van der Waals surface area contributed by atoms with Crippen LogP contribution in [0.3, 0.4) is 0 Å². The normalized spacial score (nSPS) is 56.7. The maximum atomic E-state index is 11.9. The second-order valence-electron chi connectivity index (χ2n) is 13.9. The van der Waals surface area contributed by atoms with Crippen LogP contribution >= 0.6 is 0 Å². The first-order valence-electron chi connectivity index (χ1n) is 15.2. The molecule has 9 nitrogen and oxygen atoms in total. The Morgan fingerprint density at radius 2 is 1.33 bits per heavy atom. The van der Waals surface area contributed by atoms with Crippen LogP contribution in [0.4, 0.5) is 0 Å². The van der Waals surface area contributed by atoms with Crippen molar-refractivity contribution in [3.8, 4) is 0 Å². The first-order chi connectivity index (χ1) is 18.5. The maximum Gasteiger partial charge on any atom is 0.109 e. The lowest BCUT2D eigenvalue weighted by Gasteiger charge is -2.64. The molecule has 0 spiro atoms. The molecule has 0 amide bonds. The Balaban J connectivity index is 1.42. The van der Waals surface area contributed by atoms with Crippen molar-refractivity contribution in [2.75, 3.05) is 21.3 Å². The van der Waals surface area contributed by atoms with Gasteiger partial charge in [-0.25, -0.2) is 0 Å². The summed E-state index contributed by atoms with van der Waals surface area (Å²) in [6.45, 7) is 3.42. The van der Waals surface area contributed by atoms with Crippen molar-refractivity contribution >= 4 is 0 Å². The van der Waals surface area contributed by atoms with Gasteiger partial charge in [0.1, 0.15) is 6.10 Å². The zero-order valence-electron chi connectivity index (χ0n) is 24.2. The highest BCUT2D eigenvalue weighted by molar-refractivity contribution is 5.14. The molecule has 5 aliphatic carbocycles. The SMILES string of the molecule is COC1CC(C2CCC(O)C3C(O)C4C(O)[C@]5(C)C(O)C(C(C)O)C(O)C[C@@H]5C[C@@H]4CC23)CC(OC)C1OC. The van der Waals surface area contributed by atoms with Crippen LogP contribution in [0.1, 0.15) is 58.8 Å². The number of methoxy groups -OCH3 is 3. The summed E-state index contributed by atoms with van der Waals surface area (Å²) >= 11 is 0. The molecule has 5 rings (SSSR count). The van der Waals surface area contributed by atoms with Crippen LogP contribution < -0.4 is 0 Å². The summed E-state index contributed by atoms with van der Waals surface area (Å²) < 4.78 is 17.4. The van der Waals surface area contributed by atoms with Gasteiger partial charge >= 0.3 is 0 Å². The molecular formula is C30H52O9. The molecule has 5 saturated carbocycles. The van der Waals surface area contributed by atoms with Crippen molar-refractivity contribution in [1.29, 1.82) is 0 Å². The average molecular weight is 557 g/mol. The van der Waals surface area contributed by atoms with Crippen LogP contribution in [0.5, 0.6) is 0 Å². The van der Waals surface area contributed by atoms with Gasteiger partial charge in [-0.05, 0) is 81.5 Å². The molecule has 0 aliphatic heterocycles. The molecule has 0 heterocycles. The number of ether oxygens (including phenoxy) is 3. The molecule has 0 bridgehead atoms. The van der Waals surface area contributed by atoms with E-state index in [1.54, 1.807) is 28.3 Å². The van der Waals surface area contributed by atoms with Gasteiger partial charge in [-0.3, -0.25) is 0 Å². The summed E-state index contributed by atoms with van der Waals surface area (Å²) in [6.07, 6.45) is -0.651. The first-order valence-corrected chi connectivity index (χ1v) is 15.2. The van der Waals surface area contributed by atoms with E-state index in [9.17, 15) is 30.6 Å². The molecule has 0 aromatic carbocycles. The summed E-state index contributed by atoms with van der Waals surface area (Å²) in [5, 5.41) is 67.5. The fourth-order valence-electron chi connectivity index (χ4n) is 10.5. The van der Waals surface area contributed by atoms with Crippen molar-refractivity contribution in [2.45, 2.75) is 114 Å². The number of hydrogen-bond acceptors (Lipinski definition) is 9. The fraction of sp³-hybridized carbons (Fsp3) is 1.00. The van der Waals surface area contributed by atoms with Crippen molar-refractivity contribution in [3.63, 3.8) is 0 Å². The van der Waals surface area contributed by atoms with Crippen LogP contribution in [0.15, 0.2) is 0 Å². The topological polar surface area (TPSA) is 149 Å². The highest BCUT2D eigenvalue weighted by atomic mass is 16.6. The standard InChI is InChI=1S/C30H52O9/c1-13(31)23-20(33)12-16-8-15-9-18-17(14-10-21(37-3)27(39-5)22(11-14)38-4)6-7-19(32)25(18)26(34)24(15)29(36)30(16,2)28(23)35/h13-29,31-36H,6-12H2,1-5H3/t13?,14?,15-,16+,17?,18?,19?,20?,21?,22?,23?,24?,25?,26?,27?,28?,29?,30+/m1/s1. The van der Waals surface area contributed by atoms with E-state index in [1.165, 1.54) is 0 Å². The Hall–Kier alpha value is -0.360. The molecule has 0 radical (unpaired) electrons. The molecule has 5 fully saturated rings. The van der Waals surface area contributed by atoms with Gasteiger partial charge in [0.25, 0.3) is 0 Å². The molecule has 226 valence electrons. The third-order valence-corrected chi connectivity index (χ3v) is 12.5. The zero-order chi connectivity index (χ0) is 28.4. The molecule has 0 aromatic heterocycles. The van der Waals surface area contributed by atoms with Gasteiger partial charge in [-0.2, -0.15) is 0 Å². The van der Waals surface area contributed by atoms with Gasteiger partial charge in [0.15, 0.2) is 0 Å². The first kappa shape index (κ1) is 30.1. The molecule has 0 saturated heterocycles. The molecular weight excluding hydrogens is 504 g/mol. The number of aliphatic hydroxyl groups excluding tert-OH is 6. The van der Waals surface area contributed by atoms with Gasteiger partial charge in [-0.1, -0.05) is 6.92 Å². The average Bonchev–Trinajstić information content (AvgIpc) is 2.89. The van der Waals surface area contributed by atoms with Crippen LogP contribution in [0.2, 0.25) is 0 Å². The van der Waals surface area contributed by atoms with E-state index in [-0.39, 0.29) is 47.9 Å². The van der Waals surface area contributed by atoms with Crippen LogP contribution in [0, 0.1) is 52.8 Å². The predicted molar refractivity (Wildman–Crippen MR) is 142 cm³/mol. The van der Waals surface area contributed by atoms with E-state index >= 15 is 0 Å². The quantitative estimate of drug-likeness (QED) is 0.291. The minimum atomic E-state index is -1.09. The number of fused-ring (bicyclic) bond motifs is 3. The van der Waals surface area contributed by atoms with Crippen LogP contribution in [0.25, 0.3) is 0 Å².